The van der Waals surface area contributed by atoms with Crippen molar-refractivity contribution >= 4 is 43.6 Å². The van der Waals surface area contributed by atoms with Gasteiger partial charge in [-0.15, -0.1) is 0 Å². The summed E-state index contributed by atoms with van der Waals surface area (Å²) in [4.78, 5) is 0. The molecule has 0 atom stereocenters. The summed E-state index contributed by atoms with van der Waals surface area (Å²) in [5.41, 5.74) is 3.55. The molecule has 0 saturated carbocycles. The van der Waals surface area contributed by atoms with Crippen LogP contribution >= 0.6 is 0 Å². The molecule has 2 heterocycles. The van der Waals surface area contributed by atoms with Crippen LogP contribution in [-0.2, 0) is 12.4 Å². The van der Waals surface area contributed by atoms with Gasteiger partial charge in [0.1, 0.15) is 0 Å². The topological polar surface area (TPSA) is 200 Å². The highest BCUT2D eigenvalue weighted by Crippen LogP contribution is 2.46. The first-order valence-corrected chi connectivity index (χ1v) is 25.9. The number of fused-ring (bicyclic) bond motifs is 6. The molecule has 0 amide bonds. The maximum absolute atomic E-state index is 15.7. The number of rotatable bonds is 7. The van der Waals surface area contributed by atoms with Crippen LogP contribution in [0.1, 0.15) is 55.6 Å². The van der Waals surface area contributed by atoms with Crippen molar-refractivity contribution in [3.63, 3.8) is 0 Å². The summed E-state index contributed by atoms with van der Waals surface area (Å²) in [5, 5.41) is 80.8. The van der Waals surface area contributed by atoms with E-state index in [1.807, 2.05) is 24.3 Å². The van der Waals surface area contributed by atoms with Gasteiger partial charge in [-0.2, -0.15) is 68.4 Å². The van der Waals surface area contributed by atoms with Crippen molar-refractivity contribution in [2.24, 2.45) is 0 Å². The molecule has 86 heavy (non-hydrogen) atoms. The molecule has 402 valence electrons. The molecule has 0 aliphatic carbocycles. The lowest BCUT2D eigenvalue weighted by Gasteiger charge is -2.20. The minimum Gasteiger partial charge on any atom is -0.309 e. The zero-order valence-electron chi connectivity index (χ0n) is 44.1. The van der Waals surface area contributed by atoms with Crippen LogP contribution in [0.15, 0.2) is 182 Å². The van der Waals surface area contributed by atoms with Gasteiger partial charge in [-0.05, 0) is 177 Å². The number of alkyl halides is 6. The Kier molecular flexibility index (Phi) is 13.0. The lowest BCUT2D eigenvalue weighted by molar-refractivity contribution is -0.138. The highest BCUT2D eigenvalue weighted by molar-refractivity contribution is 6.13. The van der Waals surface area contributed by atoms with Gasteiger partial charge in [0, 0.05) is 21.5 Å². The number of halogens is 6. The van der Waals surface area contributed by atoms with E-state index < -0.39 is 23.5 Å². The van der Waals surface area contributed by atoms with Crippen LogP contribution in [0.5, 0.6) is 0 Å². The standard InChI is InChI=1S/C70H30F6N10/c71-69(72,73)61-15-5-43(29-67(61)85-63-17-7-45(53-11-1-39(31-77)21-49(53)35-81)25-57(63)58-26-46(8-18-64(58)85)54-12-2-40(32-78)22-50(54)36-82)44-6-16-62(70(74,75)76)68(30-44)86-65-19-9-47(55-13-3-41(33-79)23-51(55)37-83)27-59(65)60-28-48(10-20-66(60)86)56-14-4-42(34-80)24-52(56)38-84/h1-30H. The Labute approximate surface area is 484 Å². The molecule has 16 heteroatoms. The van der Waals surface area contributed by atoms with Crippen molar-refractivity contribution in [1.82, 2.24) is 9.13 Å². The summed E-state index contributed by atoms with van der Waals surface area (Å²) in [6.45, 7) is 0. The van der Waals surface area contributed by atoms with Gasteiger partial charge in [-0.25, -0.2) is 0 Å². The van der Waals surface area contributed by atoms with E-state index in [2.05, 4.69) is 24.3 Å². The first-order chi connectivity index (χ1) is 41.5. The van der Waals surface area contributed by atoms with E-state index in [0.29, 0.717) is 66.1 Å². The van der Waals surface area contributed by atoms with Crippen LogP contribution in [-0.4, -0.2) is 9.13 Å². The van der Waals surface area contributed by atoms with E-state index >= 15 is 26.3 Å². The van der Waals surface area contributed by atoms with E-state index in [0.717, 1.165) is 12.1 Å². The molecule has 0 unspecified atom stereocenters. The maximum atomic E-state index is 15.7. The van der Waals surface area contributed by atoms with E-state index in [1.165, 1.54) is 81.9 Å². The Hall–Kier alpha value is -12.7. The molecule has 0 aliphatic heterocycles. The van der Waals surface area contributed by atoms with E-state index in [4.69, 9.17) is 0 Å². The second kappa shape index (κ2) is 20.7. The van der Waals surface area contributed by atoms with Crippen LogP contribution < -0.4 is 0 Å². The van der Waals surface area contributed by atoms with E-state index in [-0.39, 0.29) is 89.1 Å². The van der Waals surface area contributed by atoms with Crippen molar-refractivity contribution < 1.29 is 26.3 Å². The molecule has 0 bridgehead atoms. The number of nitrogens with zero attached hydrogens (tertiary/aromatic N) is 10. The van der Waals surface area contributed by atoms with Crippen molar-refractivity contribution in [2.75, 3.05) is 0 Å². The third-order valence-electron chi connectivity index (χ3n) is 15.3. The third-order valence-corrected chi connectivity index (χ3v) is 15.3. The molecule has 12 aromatic rings. The average Bonchev–Trinajstić information content (AvgIpc) is 1.62. The van der Waals surface area contributed by atoms with Gasteiger partial charge in [0.25, 0.3) is 0 Å². The average molecular weight is 1130 g/mol. The van der Waals surface area contributed by atoms with Gasteiger partial charge >= 0.3 is 12.4 Å². The van der Waals surface area contributed by atoms with Crippen LogP contribution in [0.3, 0.4) is 0 Å². The Morgan fingerprint density at radius 2 is 0.500 bits per heavy atom. The molecular weight excluding hydrogens is 1090 g/mol. The molecule has 0 saturated heterocycles. The monoisotopic (exact) mass is 1120 g/mol. The lowest BCUT2D eigenvalue weighted by atomic mass is 9.95. The van der Waals surface area contributed by atoms with Crippen LogP contribution in [0.25, 0.3) is 111 Å². The fourth-order valence-corrected chi connectivity index (χ4v) is 11.3. The van der Waals surface area contributed by atoms with Gasteiger partial charge in [-0.3, -0.25) is 0 Å². The van der Waals surface area contributed by atoms with Gasteiger partial charge in [0.15, 0.2) is 0 Å². The molecule has 0 fully saturated rings. The molecule has 10 aromatic carbocycles. The quantitative estimate of drug-likeness (QED) is 0.140. The summed E-state index contributed by atoms with van der Waals surface area (Å²) >= 11 is 0. The lowest BCUT2D eigenvalue weighted by Crippen LogP contribution is -2.12. The first kappa shape index (κ1) is 53.9. The highest BCUT2D eigenvalue weighted by Gasteiger charge is 2.37. The molecule has 0 radical (unpaired) electrons. The Morgan fingerprint density at radius 1 is 0.256 bits per heavy atom. The molecule has 0 spiro atoms. The predicted molar refractivity (Wildman–Crippen MR) is 310 cm³/mol. The summed E-state index contributed by atoms with van der Waals surface area (Å²) in [7, 11) is 0. The highest BCUT2D eigenvalue weighted by atomic mass is 19.4. The normalized spacial score (nSPS) is 11.3. The van der Waals surface area contributed by atoms with E-state index in [1.54, 1.807) is 97.1 Å². The van der Waals surface area contributed by atoms with Crippen molar-refractivity contribution in [2.45, 2.75) is 12.4 Å². The van der Waals surface area contributed by atoms with Crippen molar-refractivity contribution in [3.8, 4) is 116 Å². The fourth-order valence-electron chi connectivity index (χ4n) is 11.3. The number of benzene rings is 10. The number of hydrogen-bond acceptors (Lipinski definition) is 8. The van der Waals surface area contributed by atoms with Crippen molar-refractivity contribution in [1.29, 1.82) is 42.1 Å². The molecule has 12 rings (SSSR count). The second-order valence-electron chi connectivity index (χ2n) is 20.0. The largest absolute Gasteiger partial charge is 0.418 e. The van der Waals surface area contributed by atoms with Gasteiger partial charge in [-0.1, -0.05) is 60.7 Å². The van der Waals surface area contributed by atoms with Gasteiger partial charge in [0.2, 0.25) is 0 Å². The Bertz CT molecular complexity index is 4740. The molecule has 0 N–H and O–H groups in total. The molecular formula is C70H30F6N10. The van der Waals surface area contributed by atoms with Crippen molar-refractivity contribution in [3.05, 3.63) is 238 Å². The Morgan fingerprint density at radius 3 is 0.721 bits per heavy atom. The first-order valence-electron chi connectivity index (χ1n) is 25.9. The minimum atomic E-state index is -4.99. The van der Waals surface area contributed by atoms with Gasteiger partial charge in [0.05, 0.1) is 138 Å². The minimum absolute atomic E-state index is 0.0961. The zero-order chi connectivity index (χ0) is 60.3. The summed E-state index contributed by atoms with van der Waals surface area (Å²) < 4.78 is 96.9. The SMILES string of the molecule is N#Cc1ccc(-c2ccc3c(c2)c2cc(-c4ccc(C#N)cc4C#N)ccc2n3-c2cc(-c3ccc(C(F)(F)F)c(-n4c5ccc(-c6ccc(C#N)cc6C#N)cc5c5cc(-c6ccc(C#N)cc6C#N)ccc54)c3)ccc2C(F)(F)F)c(C#N)c1. The molecule has 2 aromatic heterocycles. The van der Waals surface area contributed by atoms with Gasteiger partial charge < -0.3 is 9.13 Å². The Balaban J connectivity index is 1.10. The number of nitriles is 8. The zero-order valence-corrected chi connectivity index (χ0v) is 44.1. The number of aromatic nitrogens is 2. The van der Waals surface area contributed by atoms with Crippen LogP contribution in [0.2, 0.25) is 0 Å². The third kappa shape index (κ3) is 9.05. The fraction of sp³-hybridized carbons (Fsp3) is 0.0286. The molecule has 10 nitrogen and oxygen atoms in total. The van der Waals surface area contributed by atoms with Crippen LogP contribution in [0, 0.1) is 90.6 Å². The summed E-state index contributed by atoms with van der Waals surface area (Å²) in [6, 6.07) is 61.2. The predicted octanol–water partition coefficient (Wildman–Crippen LogP) is 17.2. The summed E-state index contributed by atoms with van der Waals surface area (Å²) in [6.07, 6.45) is -9.98. The molecule has 0 aliphatic rings. The summed E-state index contributed by atoms with van der Waals surface area (Å²) in [5.74, 6) is 0. The second-order valence-corrected chi connectivity index (χ2v) is 20.0. The van der Waals surface area contributed by atoms with Crippen LogP contribution in [0.4, 0.5) is 26.3 Å². The van der Waals surface area contributed by atoms with E-state index in [9.17, 15) is 42.1 Å². The number of hydrogen-bond donors (Lipinski definition) is 0. The maximum Gasteiger partial charge on any atom is 0.418 e. The smallest absolute Gasteiger partial charge is 0.309 e.